The molecular formula is C14H11BrClNO4. The third kappa shape index (κ3) is 3.65. The van der Waals surface area contributed by atoms with Crippen molar-refractivity contribution in [3.05, 3.63) is 57.1 Å². The molecule has 0 aliphatic heterocycles. The van der Waals surface area contributed by atoms with Crippen LogP contribution in [0, 0.1) is 10.1 Å². The Kier molecular flexibility index (Phi) is 5.03. The van der Waals surface area contributed by atoms with Gasteiger partial charge in [0.15, 0.2) is 11.5 Å². The second-order valence-corrected chi connectivity index (χ2v) is 5.06. The van der Waals surface area contributed by atoms with E-state index in [-0.39, 0.29) is 11.4 Å². The highest BCUT2D eigenvalue weighted by Crippen LogP contribution is 2.37. The smallest absolute Gasteiger partial charge is 0.273 e. The lowest BCUT2D eigenvalue weighted by Gasteiger charge is -2.11. The first-order chi connectivity index (χ1) is 10.0. The van der Waals surface area contributed by atoms with Crippen LogP contribution in [0.4, 0.5) is 5.69 Å². The van der Waals surface area contributed by atoms with Gasteiger partial charge in [0.05, 0.1) is 23.1 Å². The number of nitro benzene ring substituents is 1. The van der Waals surface area contributed by atoms with E-state index >= 15 is 0 Å². The molecule has 0 fully saturated rings. The van der Waals surface area contributed by atoms with Crippen LogP contribution in [0.25, 0.3) is 0 Å². The van der Waals surface area contributed by atoms with Crippen LogP contribution in [0.2, 0.25) is 5.02 Å². The predicted molar refractivity (Wildman–Crippen MR) is 83.8 cm³/mol. The normalized spacial score (nSPS) is 10.2. The summed E-state index contributed by atoms with van der Waals surface area (Å²) in [5.74, 6) is 1.03. The molecule has 0 aromatic heterocycles. The molecule has 21 heavy (non-hydrogen) atoms. The zero-order chi connectivity index (χ0) is 15.4. The second kappa shape index (κ2) is 6.78. The summed E-state index contributed by atoms with van der Waals surface area (Å²) in [4.78, 5) is 10.3. The molecule has 0 aliphatic carbocycles. The Morgan fingerprint density at radius 1 is 1.19 bits per heavy atom. The first-order valence-corrected chi connectivity index (χ1v) is 7.39. The number of nitrogens with zero attached hydrogens (tertiary/aromatic N) is 1. The van der Waals surface area contributed by atoms with Gasteiger partial charge in [0, 0.05) is 11.4 Å². The molecule has 0 bridgehead atoms. The topological polar surface area (TPSA) is 61.6 Å². The molecule has 0 spiro atoms. The molecular weight excluding hydrogens is 362 g/mol. The quantitative estimate of drug-likeness (QED) is 0.423. The first-order valence-electron chi connectivity index (χ1n) is 5.90. The van der Waals surface area contributed by atoms with Gasteiger partial charge in [0.25, 0.3) is 5.69 Å². The van der Waals surface area contributed by atoms with Crippen molar-refractivity contribution in [3.63, 3.8) is 0 Å². The summed E-state index contributed by atoms with van der Waals surface area (Å²) in [5, 5.41) is 11.9. The minimum Gasteiger partial charge on any atom is -0.493 e. The molecule has 0 aliphatic rings. The Balaban J connectivity index is 2.38. The van der Waals surface area contributed by atoms with E-state index < -0.39 is 4.92 Å². The minimum atomic E-state index is -0.498. The molecule has 0 atom stereocenters. The molecule has 0 amide bonds. The molecule has 5 nitrogen and oxygen atoms in total. The molecule has 7 heteroatoms. The number of ether oxygens (including phenoxy) is 2. The summed E-state index contributed by atoms with van der Waals surface area (Å²) < 4.78 is 10.8. The molecule has 0 saturated heterocycles. The highest BCUT2D eigenvalue weighted by atomic mass is 79.9. The van der Waals surface area contributed by atoms with Gasteiger partial charge in [-0.25, -0.2) is 0 Å². The summed E-state index contributed by atoms with van der Waals surface area (Å²) >= 11 is 9.47. The lowest BCUT2D eigenvalue weighted by molar-refractivity contribution is -0.384. The maximum absolute atomic E-state index is 10.8. The largest absolute Gasteiger partial charge is 0.493 e. The van der Waals surface area contributed by atoms with Gasteiger partial charge in [-0.2, -0.15) is 0 Å². The highest BCUT2D eigenvalue weighted by Gasteiger charge is 2.14. The van der Waals surface area contributed by atoms with Crippen molar-refractivity contribution >= 4 is 33.2 Å². The fourth-order valence-corrected chi connectivity index (χ4v) is 2.28. The van der Waals surface area contributed by atoms with Crippen LogP contribution >= 0.6 is 27.5 Å². The number of halogens is 2. The Morgan fingerprint density at radius 3 is 2.48 bits per heavy atom. The van der Waals surface area contributed by atoms with Crippen molar-refractivity contribution in [3.8, 4) is 17.2 Å². The third-order valence-electron chi connectivity index (χ3n) is 2.73. The Morgan fingerprint density at radius 2 is 1.90 bits per heavy atom. The lowest BCUT2D eigenvalue weighted by Crippen LogP contribution is -1.94. The van der Waals surface area contributed by atoms with Crippen LogP contribution in [-0.4, -0.2) is 12.0 Å². The maximum Gasteiger partial charge on any atom is 0.273 e. The van der Waals surface area contributed by atoms with E-state index in [0.717, 1.165) is 5.56 Å². The molecule has 110 valence electrons. The molecule has 0 heterocycles. The van der Waals surface area contributed by atoms with Crippen molar-refractivity contribution < 1.29 is 14.4 Å². The van der Waals surface area contributed by atoms with Crippen molar-refractivity contribution in [2.75, 3.05) is 7.11 Å². The van der Waals surface area contributed by atoms with Gasteiger partial charge < -0.3 is 9.47 Å². The summed E-state index contributed by atoms with van der Waals surface area (Å²) in [7, 11) is 1.46. The van der Waals surface area contributed by atoms with Gasteiger partial charge in [-0.05, 0) is 23.8 Å². The van der Waals surface area contributed by atoms with E-state index in [1.807, 2.05) is 6.07 Å². The van der Waals surface area contributed by atoms with Gasteiger partial charge in [-0.15, -0.1) is 0 Å². The standard InChI is InChI=1S/C14H11BrClNO4/c1-20-13-5-3-10(17(18)19)7-14(13)21-12-4-2-9(8-15)6-11(12)16/h2-7H,8H2,1H3. The number of methoxy groups -OCH3 is 1. The zero-order valence-electron chi connectivity index (χ0n) is 11.0. The minimum absolute atomic E-state index is 0.0843. The Labute approximate surface area is 134 Å². The molecule has 2 aromatic rings. The van der Waals surface area contributed by atoms with Gasteiger partial charge in [-0.1, -0.05) is 33.6 Å². The van der Waals surface area contributed by atoms with Crippen molar-refractivity contribution in [2.45, 2.75) is 5.33 Å². The van der Waals surface area contributed by atoms with Crippen LogP contribution in [0.5, 0.6) is 17.2 Å². The highest BCUT2D eigenvalue weighted by molar-refractivity contribution is 9.08. The zero-order valence-corrected chi connectivity index (χ0v) is 13.3. The average Bonchev–Trinajstić information content (AvgIpc) is 2.49. The number of rotatable bonds is 5. The van der Waals surface area contributed by atoms with Gasteiger partial charge in [0.2, 0.25) is 0 Å². The number of benzene rings is 2. The third-order valence-corrected chi connectivity index (χ3v) is 3.67. The summed E-state index contributed by atoms with van der Waals surface area (Å²) in [5.41, 5.74) is 0.914. The van der Waals surface area contributed by atoms with Crippen molar-refractivity contribution in [1.82, 2.24) is 0 Å². The van der Waals surface area contributed by atoms with Gasteiger partial charge in [0.1, 0.15) is 5.75 Å². The maximum atomic E-state index is 10.8. The van der Waals surface area contributed by atoms with Crippen LogP contribution in [-0.2, 0) is 5.33 Å². The fraction of sp³-hybridized carbons (Fsp3) is 0.143. The fourth-order valence-electron chi connectivity index (χ4n) is 1.69. The molecule has 2 rings (SSSR count). The van der Waals surface area contributed by atoms with Crippen molar-refractivity contribution in [1.29, 1.82) is 0 Å². The Bertz CT molecular complexity index is 678. The summed E-state index contributed by atoms with van der Waals surface area (Å²) in [6.07, 6.45) is 0. The average molecular weight is 373 g/mol. The van der Waals surface area contributed by atoms with Crippen LogP contribution in [0.3, 0.4) is 0 Å². The predicted octanol–water partition coefficient (Wildman–Crippen LogP) is 4.94. The number of hydrogen-bond acceptors (Lipinski definition) is 4. The van der Waals surface area contributed by atoms with E-state index in [2.05, 4.69) is 15.9 Å². The van der Waals surface area contributed by atoms with Crippen molar-refractivity contribution in [2.24, 2.45) is 0 Å². The SMILES string of the molecule is COc1ccc([N+](=O)[O-])cc1Oc1ccc(CBr)cc1Cl. The number of alkyl halides is 1. The summed E-state index contributed by atoms with van der Waals surface area (Å²) in [6.45, 7) is 0. The van der Waals surface area contributed by atoms with Gasteiger partial charge >= 0.3 is 0 Å². The van der Waals surface area contributed by atoms with Crippen LogP contribution in [0.15, 0.2) is 36.4 Å². The van der Waals surface area contributed by atoms with E-state index in [4.69, 9.17) is 21.1 Å². The van der Waals surface area contributed by atoms with E-state index in [0.29, 0.717) is 21.9 Å². The van der Waals surface area contributed by atoms with E-state index in [9.17, 15) is 10.1 Å². The van der Waals surface area contributed by atoms with E-state index in [1.54, 1.807) is 12.1 Å². The van der Waals surface area contributed by atoms with Crippen LogP contribution in [0.1, 0.15) is 5.56 Å². The lowest BCUT2D eigenvalue weighted by atomic mass is 10.2. The van der Waals surface area contributed by atoms with Gasteiger partial charge in [-0.3, -0.25) is 10.1 Å². The number of non-ortho nitro benzene ring substituents is 1. The molecule has 0 radical (unpaired) electrons. The monoisotopic (exact) mass is 371 g/mol. The first kappa shape index (κ1) is 15.6. The molecule has 0 saturated carbocycles. The molecule has 0 N–H and O–H groups in total. The number of nitro groups is 1. The summed E-state index contributed by atoms with van der Waals surface area (Å²) in [6, 6.07) is 9.44. The van der Waals surface area contributed by atoms with E-state index in [1.165, 1.54) is 25.3 Å². The Hall–Kier alpha value is -1.79. The molecule has 0 unspecified atom stereocenters. The van der Waals surface area contributed by atoms with Crippen LogP contribution < -0.4 is 9.47 Å². The number of hydrogen-bond donors (Lipinski definition) is 0. The second-order valence-electron chi connectivity index (χ2n) is 4.09. The molecule has 2 aromatic carbocycles.